The summed E-state index contributed by atoms with van der Waals surface area (Å²) in [5, 5.41) is 0.122. The third kappa shape index (κ3) is 3.43. The van der Waals surface area contributed by atoms with Crippen molar-refractivity contribution in [3.63, 3.8) is 0 Å². The minimum Gasteiger partial charge on any atom is -0.265 e. The lowest BCUT2D eigenvalue weighted by molar-refractivity contribution is 0.488. The number of sulfonamides is 1. The maximum Gasteiger partial charge on any atom is 0.258 e. The highest BCUT2D eigenvalue weighted by Gasteiger charge is 2.29. The van der Waals surface area contributed by atoms with Crippen molar-refractivity contribution >= 4 is 15.1 Å². The lowest BCUT2D eigenvalue weighted by atomic mass is 10.1. The minimum atomic E-state index is -3.56. The van der Waals surface area contributed by atoms with Gasteiger partial charge in [0, 0.05) is 17.8 Å². The van der Waals surface area contributed by atoms with Crippen LogP contribution in [0.4, 0.5) is 0 Å². The van der Waals surface area contributed by atoms with Gasteiger partial charge in [0.15, 0.2) is 5.04 Å². The van der Waals surface area contributed by atoms with Crippen molar-refractivity contribution in [3.8, 4) is 0 Å². The number of nitrogens with one attached hydrogen (secondary N) is 1. The molecule has 0 amide bonds. The fourth-order valence-corrected chi connectivity index (χ4v) is 3.65. The van der Waals surface area contributed by atoms with Gasteiger partial charge in [0.1, 0.15) is 0 Å². The van der Waals surface area contributed by atoms with Crippen molar-refractivity contribution in [3.05, 3.63) is 29.6 Å². The Labute approximate surface area is 120 Å². The third-order valence-corrected chi connectivity index (χ3v) is 4.85. The normalized spacial score (nSPS) is 16.1. The van der Waals surface area contributed by atoms with Gasteiger partial charge in [-0.15, -0.1) is 0 Å². The Bertz CT molecular complexity index is 609. The number of rotatable bonds is 5. The summed E-state index contributed by atoms with van der Waals surface area (Å²) in [5.41, 5.74) is 1.35. The van der Waals surface area contributed by atoms with E-state index in [1.54, 1.807) is 18.3 Å². The van der Waals surface area contributed by atoms with Crippen LogP contribution in [-0.4, -0.2) is 24.5 Å². The molecule has 0 radical (unpaired) electrons. The van der Waals surface area contributed by atoms with E-state index in [-0.39, 0.29) is 11.1 Å². The fraction of sp³-hybridized carbons (Fsp3) is 0.571. The second-order valence-electron chi connectivity index (χ2n) is 5.61. The zero-order valence-corrected chi connectivity index (χ0v) is 12.9. The van der Waals surface area contributed by atoms with Crippen LogP contribution in [0.15, 0.2) is 23.3 Å². The smallest absolute Gasteiger partial charge is 0.258 e. The predicted octanol–water partition coefficient (Wildman–Crippen LogP) is 2.09. The molecule has 6 heteroatoms. The van der Waals surface area contributed by atoms with Crippen LogP contribution in [0, 0.1) is 5.92 Å². The van der Waals surface area contributed by atoms with E-state index in [0.29, 0.717) is 18.0 Å². The summed E-state index contributed by atoms with van der Waals surface area (Å²) in [6, 6.07) is 3.40. The summed E-state index contributed by atoms with van der Waals surface area (Å²) in [5.74, 6) is 0.565. The highest BCUT2D eigenvalue weighted by molar-refractivity contribution is 8.05. The van der Waals surface area contributed by atoms with Crippen LogP contribution in [0.5, 0.6) is 0 Å². The van der Waals surface area contributed by atoms with E-state index in [4.69, 9.17) is 0 Å². The first-order valence-electron chi connectivity index (χ1n) is 6.91. The van der Waals surface area contributed by atoms with Gasteiger partial charge >= 0.3 is 0 Å². The SMILES string of the molecule is CC(C)CC[C@H](C)NS(=O)(=O)C1=NCc2ncccc21. The molecule has 0 spiro atoms. The van der Waals surface area contributed by atoms with Crippen molar-refractivity contribution in [2.75, 3.05) is 0 Å². The minimum absolute atomic E-state index is 0.0918. The van der Waals surface area contributed by atoms with Gasteiger partial charge in [-0.3, -0.25) is 9.98 Å². The van der Waals surface area contributed by atoms with Crippen molar-refractivity contribution in [1.29, 1.82) is 0 Å². The molecular weight excluding hydrogens is 274 g/mol. The molecule has 20 heavy (non-hydrogen) atoms. The topological polar surface area (TPSA) is 71.4 Å². The van der Waals surface area contributed by atoms with E-state index in [9.17, 15) is 8.42 Å². The van der Waals surface area contributed by atoms with Crippen LogP contribution >= 0.6 is 0 Å². The lowest BCUT2D eigenvalue weighted by Gasteiger charge is -2.15. The molecular formula is C14H21N3O2S. The van der Waals surface area contributed by atoms with E-state index in [1.807, 2.05) is 6.92 Å². The molecule has 0 fully saturated rings. The summed E-state index contributed by atoms with van der Waals surface area (Å²) in [7, 11) is -3.56. The van der Waals surface area contributed by atoms with Crippen LogP contribution in [-0.2, 0) is 16.6 Å². The summed E-state index contributed by atoms with van der Waals surface area (Å²) in [6.07, 6.45) is 3.47. The molecule has 1 N–H and O–H groups in total. The maximum absolute atomic E-state index is 12.4. The number of hydrogen-bond acceptors (Lipinski definition) is 4. The number of fused-ring (bicyclic) bond motifs is 1. The number of pyridine rings is 1. The second-order valence-corrected chi connectivity index (χ2v) is 7.24. The van der Waals surface area contributed by atoms with Gasteiger partial charge in [0.2, 0.25) is 0 Å². The van der Waals surface area contributed by atoms with Gasteiger partial charge in [-0.05, 0) is 37.8 Å². The number of aromatic nitrogens is 1. The molecule has 1 aromatic rings. The van der Waals surface area contributed by atoms with E-state index in [1.165, 1.54) is 0 Å². The molecule has 2 heterocycles. The van der Waals surface area contributed by atoms with Crippen LogP contribution < -0.4 is 4.72 Å². The average Bonchev–Trinajstić information content (AvgIpc) is 2.80. The quantitative estimate of drug-likeness (QED) is 0.904. The molecule has 1 aromatic heterocycles. The molecule has 0 aliphatic carbocycles. The van der Waals surface area contributed by atoms with Crippen molar-refractivity contribution in [1.82, 2.24) is 9.71 Å². The Balaban J connectivity index is 2.09. The zero-order chi connectivity index (χ0) is 14.8. The monoisotopic (exact) mass is 295 g/mol. The molecule has 2 rings (SSSR count). The first kappa shape index (κ1) is 15.1. The highest BCUT2D eigenvalue weighted by atomic mass is 32.2. The molecule has 0 unspecified atom stereocenters. The van der Waals surface area contributed by atoms with E-state index < -0.39 is 10.0 Å². The van der Waals surface area contributed by atoms with Gasteiger partial charge in [-0.2, -0.15) is 0 Å². The molecule has 0 aromatic carbocycles. The second kappa shape index (κ2) is 6.01. The Kier molecular flexibility index (Phi) is 4.55. The average molecular weight is 295 g/mol. The predicted molar refractivity (Wildman–Crippen MR) is 80.1 cm³/mol. The third-order valence-electron chi connectivity index (χ3n) is 3.28. The number of aliphatic imine (C=N–C) groups is 1. The standard InChI is InChI=1S/C14H21N3O2S/c1-10(2)6-7-11(3)17-20(18,19)14-12-5-4-8-15-13(12)9-16-14/h4-5,8,10-11,17H,6-7,9H2,1-3H3/t11-/m0/s1. The van der Waals surface area contributed by atoms with E-state index >= 15 is 0 Å². The molecule has 1 aliphatic rings. The first-order chi connectivity index (χ1) is 9.40. The Hall–Kier alpha value is -1.27. The summed E-state index contributed by atoms with van der Waals surface area (Å²) in [4.78, 5) is 8.28. The molecule has 0 saturated heterocycles. The maximum atomic E-state index is 12.4. The molecule has 0 bridgehead atoms. The van der Waals surface area contributed by atoms with E-state index in [0.717, 1.165) is 18.5 Å². The van der Waals surface area contributed by atoms with Crippen LogP contribution in [0.2, 0.25) is 0 Å². The van der Waals surface area contributed by atoms with Gasteiger partial charge < -0.3 is 0 Å². The highest BCUT2D eigenvalue weighted by Crippen LogP contribution is 2.19. The largest absolute Gasteiger partial charge is 0.265 e. The van der Waals surface area contributed by atoms with E-state index in [2.05, 4.69) is 28.5 Å². The van der Waals surface area contributed by atoms with Crippen molar-refractivity contribution in [2.24, 2.45) is 10.9 Å². The number of nitrogens with zero attached hydrogens (tertiary/aromatic N) is 2. The summed E-state index contributed by atoms with van der Waals surface area (Å²) >= 11 is 0. The Morgan fingerprint density at radius 3 is 2.75 bits per heavy atom. The number of hydrogen-bond donors (Lipinski definition) is 1. The molecule has 1 aliphatic heterocycles. The van der Waals surface area contributed by atoms with Gasteiger partial charge in [0.05, 0.1) is 12.2 Å². The summed E-state index contributed by atoms with van der Waals surface area (Å²) < 4.78 is 27.5. The molecule has 110 valence electrons. The van der Waals surface area contributed by atoms with Crippen LogP contribution in [0.3, 0.4) is 0 Å². The molecule has 1 atom stereocenters. The lowest BCUT2D eigenvalue weighted by Crippen LogP contribution is -2.37. The fourth-order valence-electron chi connectivity index (χ4n) is 2.18. The Morgan fingerprint density at radius 2 is 2.05 bits per heavy atom. The van der Waals surface area contributed by atoms with Crippen molar-refractivity contribution < 1.29 is 8.42 Å². The zero-order valence-electron chi connectivity index (χ0n) is 12.1. The van der Waals surface area contributed by atoms with Gasteiger partial charge in [-0.1, -0.05) is 13.8 Å². The van der Waals surface area contributed by atoms with Gasteiger partial charge in [-0.25, -0.2) is 13.1 Å². The summed E-state index contributed by atoms with van der Waals surface area (Å²) in [6.45, 7) is 6.49. The molecule has 0 saturated carbocycles. The van der Waals surface area contributed by atoms with Crippen LogP contribution in [0.1, 0.15) is 44.9 Å². The molecule has 5 nitrogen and oxygen atoms in total. The Morgan fingerprint density at radius 1 is 1.30 bits per heavy atom. The van der Waals surface area contributed by atoms with Gasteiger partial charge in [0.25, 0.3) is 10.0 Å². The van der Waals surface area contributed by atoms with Crippen molar-refractivity contribution in [2.45, 2.75) is 46.2 Å². The van der Waals surface area contributed by atoms with Crippen LogP contribution in [0.25, 0.3) is 0 Å². The first-order valence-corrected chi connectivity index (χ1v) is 8.39.